The van der Waals surface area contributed by atoms with E-state index in [-0.39, 0.29) is 30.7 Å². The average Bonchev–Trinajstić information content (AvgIpc) is 3.33. The maximum atomic E-state index is 13.7. The van der Waals surface area contributed by atoms with E-state index in [4.69, 9.17) is 18.9 Å². The van der Waals surface area contributed by atoms with E-state index in [1.54, 1.807) is 0 Å². The number of allylic oxidation sites excluding steroid dienone is 1. The number of piperidine rings is 1. The minimum atomic E-state index is -1.19. The van der Waals surface area contributed by atoms with Crippen LogP contribution < -0.4 is 10.1 Å². The highest BCUT2D eigenvalue weighted by molar-refractivity contribution is 6.76. The van der Waals surface area contributed by atoms with Gasteiger partial charge in [-0.3, -0.25) is 4.79 Å². The Labute approximate surface area is 256 Å². The van der Waals surface area contributed by atoms with Crippen molar-refractivity contribution in [1.29, 1.82) is 0 Å². The quantitative estimate of drug-likeness (QED) is 0.336. The Morgan fingerprint density at radius 1 is 1.21 bits per heavy atom. The van der Waals surface area contributed by atoms with Crippen molar-refractivity contribution in [3.63, 3.8) is 0 Å². The maximum absolute atomic E-state index is 13.7. The lowest BCUT2D eigenvalue weighted by atomic mass is 9.90. The van der Waals surface area contributed by atoms with Crippen LogP contribution in [0.25, 0.3) is 16.5 Å². The van der Waals surface area contributed by atoms with E-state index >= 15 is 0 Å². The standard InChI is InChI=1S/C32H48N4O6Si/c1-32(2,3)42-31(38)34-26-8-7-13-35-28(26)19-40-24-11-9-22(10-12-24)25-16-23-18-33-36(21-39-14-15-43(4,5)6)27(23)17-29(25)41-20-30(35)37/h9,16-18,24,26,28H,7-8,10-15,19-21H2,1-6H3,(H,34,38)/t24?,26-,28-/m0/s1. The summed E-state index contributed by atoms with van der Waals surface area (Å²) in [7, 11) is -1.19. The van der Waals surface area contributed by atoms with Gasteiger partial charge in [-0.2, -0.15) is 5.10 Å². The summed E-state index contributed by atoms with van der Waals surface area (Å²) in [5, 5.41) is 8.63. The number of hydrogen-bond acceptors (Lipinski definition) is 7. The smallest absolute Gasteiger partial charge is 0.407 e. The first-order valence-corrected chi connectivity index (χ1v) is 19.4. The molecule has 0 radical (unpaired) electrons. The van der Waals surface area contributed by atoms with E-state index in [1.165, 1.54) is 5.57 Å². The number of amides is 2. The first kappa shape index (κ1) is 31.5. The summed E-state index contributed by atoms with van der Waals surface area (Å²) in [4.78, 5) is 28.2. The van der Waals surface area contributed by atoms with Crippen LogP contribution in [-0.2, 0) is 25.7 Å². The summed E-state index contributed by atoms with van der Waals surface area (Å²) in [5.41, 5.74) is 2.50. The zero-order valence-electron chi connectivity index (χ0n) is 26.6. The maximum Gasteiger partial charge on any atom is 0.407 e. The fourth-order valence-corrected chi connectivity index (χ4v) is 6.73. The summed E-state index contributed by atoms with van der Waals surface area (Å²) in [6.45, 7) is 14.5. The molecule has 3 atom stereocenters. The highest BCUT2D eigenvalue weighted by atomic mass is 28.3. The van der Waals surface area contributed by atoms with Crippen molar-refractivity contribution in [2.45, 2.75) is 109 Å². The van der Waals surface area contributed by atoms with Crippen LogP contribution in [0.1, 0.15) is 58.4 Å². The number of carbonyl (C=O) groups excluding carboxylic acids is 2. The van der Waals surface area contributed by atoms with Crippen LogP contribution in [0.2, 0.25) is 25.7 Å². The first-order valence-electron chi connectivity index (χ1n) is 15.7. The molecule has 3 aliphatic heterocycles. The molecule has 1 aliphatic carbocycles. The van der Waals surface area contributed by atoms with Gasteiger partial charge in [0.05, 0.1) is 36.5 Å². The highest BCUT2D eigenvalue weighted by Crippen LogP contribution is 2.37. The number of nitrogens with zero attached hydrogens (tertiary/aromatic N) is 3. The van der Waals surface area contributed by atoms with E-state index < -0.39 is 19.8 Å². The third kappa shape index (κ3) is 8.19. The third-order valence-corrected chi connectivity index (χ3v) is 10.0. The molecular weight excluding hydrogens is 564 g/mol. The Kier molecular flexibility index (Phi) is 9.53. The van der Waals surface area contributed by atoms with Gasteiger partial charge in [-0.15, -0.1) is 0 Å². The van der Waals surface area contributed by atoms with Crippen molar-refractivity contribution in [2.24, 2.45) is 0 Å². The molecule has 6 rings (SSSR count). The molecule has 0 spiro atoms. The number of benzene rings is 1. The molecule has 1 aromatic carbocycles. The van der Waals surface area contributed by atoms with Crippen LogP contribution in [0, 0.1) is 0 Å². The highest BCUT2D eigenvalue weighted by Gasteiger charge is 2.37. The molecule has 236 valence electrons. The number of fused-ring (bicyclic) bond motifs is 6. The molecular formula is C32H48N4O6Si. The summed E-state index contributed by atoms with van der Waals surface area (Å²) >= 11 is 0. The fourth-order valence-electron chi connectivity index (χ4n) is 5.97. The lowest BCUT2D eigenvalue weighted by Crippen LogP contribution is -2.60. The number of ether oxygens (including phenoxy) is 4. The number of carbonyl (C=O) groups is 2. The van der Waals surface area contributed by atoms with Gasteiger partial charge in [0.15, 0.2) is 6.61 Å². The van der Waals surface area contributed by atoms with Gasteiger partial charge in [0, 0.05) is 38.2 Å². The zero-order chi connectivity index (χ0) is 30.8. The van der Waals surface area contributed by atoms with E-state index in [0.717, 1.165) is 54.6 Å². The monoisotopic (exact) mass is 612 g/mol. The van der Waals surface area contributed by atoms with Gasteiger partial charge in [0.1, 0.15) is 18.1 Å². The van der Waals surface area contributed by atoms with Crippen LogP contribution in [0.3, 0.4) is 0 Å². The van der Waals surface area contributed by atoms with Crippen molar-refractivity contribution in [3.05, 3.63) is 30.0 Å². The number of hydrogen-bond donors (Lipinski definition) is 1. The Morgan fingerprint density at radius 2 is 2.02 bits per heavy atom. The van der Waals surface area contributed by atoms with Crippen molar-refractivity contribution < 1.29 is 28.5 Å². The molecule has 2 bridgehead atoms. The predicted molar refractivity (Wildman–Crippen MR) is 169 cm³/mol. The van der Waals surface area contributed by atoms with Crippen molar-refractivity contribution in [2.75, 3.05) is 26.4 Å². The summed E-state index contributed by atoms with van der Waals surface area (Å²) in [5.74, 6) is 0.547. The first-order chi connectivity index (χ1) is 20.4. The van der Waals surface area contributed by atoms with Crippen LogP contribution in [-0.4, -0.2) is 84.9 Å². The van der Waals surface area contributed by atoms with Gasteiger partial charge in [-0.1, -0.05) is 25.7 Å². The Hall–Kier alpha value is -2.89. The Morgan fingerprint density at radius 3 is 2.74 bits per heavy atom. The van der Waals surface area contributed by atoms with Gasteiger partial charge >= 0.3 is 6.09 Å². The fraction of sp³-hybridized carbons (Fsp3) is 0.656. The van der Waals surface area contributed by atoms with Gasteiger partial charge in [0.25, 0.3) is 5.91 Å². The normalized spacial score (nSPS) is 23.3. The number of aromatic nitrogens is 2. The minimum Gasteiger partial charge on any atom is -0.483 e. The summed E-state index contributed by atoms with van der Waals surface area (Å²) < 4.78 is 26.1. The molecule has 1 saturated heterocycles. The van der Waals surface area contributed by atoms with E-state index in [0.29, 0.717) is 32.2 Å². The predicted octanol–water partition coefficient (Wildman–Crippen LogP) is 5.58. The summed E-state index contributed by atoms with van der Waals surface area (Å²) in [6, 6.07) is 4.64. The molecule has 1 aromatic heterocycles. The van der Waals surface area contributed by atoms with Gasteiger partial charge in [-0.25, -0.2) is 9.48 Å². The SMILES string of the molecule is CC(C)(C)OC(=O)N[C@H]1CCCN2C(=O)COc3cc4c(cnn4COCC[Si](C)(C)C)cc3C3=CCC(CC3)OC[C@@H]12. The molecule has 2 amide bonds. The second-order valence-corrected chi connectivity index (χ2v) is 19.8. The molecule has 2 aromatic rings. The molecule has 1 N–H and O–H groups in total. The number of alkyl carbamates (subject to hydrolysis) is 1. The summed E-state index contributed by atoms with van der Waals surface area (Å²) in [6.07, 6.45) is 7.70. The molecule has 10 nitrogen and oxygen atoms in total. The second kappa shape index (κ2) is 13.0. The third-order valence-electron chi connectivity index (χ3n) is 8.32. The molecule has 43 heavy (non-hydrogen) atoms. The number of rotatable bonds is 6. The minimum absolute atomic E-state index is 0.0507. The van der Waals surface area contributed by atoms with E-state index in [1.807, 2.05) is 42.6 Å². The van der Waals surface area contributed by atoms with Crippen LogP contribution in [0.15, 0.2) is 24.4 Å². The molecule has 4 aliphatic rings. The van der Waals surface area contributed by atoms with E-state index in [2.05, 4.69) is 42.2 Å². The molecule has 4 heterocycles. The van der Waals surface area contributed by atoms with Crippen LogP contribution >= 0.6 is 0 Å². The molecule has 1 fully saturated rings. The Balaban J connectivity index is 1.38. The second-order valence-electron chi connectivity index (χ2n) is 14.2. The largest absolute Gasteiger partial charge is 0.483 e. The van der Waals surface area contributed by atoms with Crippen molar-refractivity contribution in [1.82, 2.24) is 20.0 Å². The Bertz CT molecular complexity index is 1340. The van der Waals surface area contributed by atoms with Crippen molar-refractivity contribution >= 4 is 36.6 Å². The lowest BCUT2D eigenvalue weighted by molar-refractivity contribution is -0.140. The van der Waals surface area contributed by atoms with Gasteiger partial charge < -0.3 is 29.2 Å². The topological polar surface area (TPSA) is 104 Å². The molecule has 11 heteroatoms. The molecule has 1 unspecified atom stereocenters. The average molecular weight is 613 g/mol. The zero-order valence-corrected chi connectivity index (χ0v) is 27.6. The van der Waals surface area contributed by atoms with E-state index in [9.17, 15) is 9.59 Å². The van der Waals surface area contributed by atoms with Crippen LogP contribution in [0.5, 0.6) is 5.75 Å². The number of nitrogens with one attached hydrogen (secondary N) is 1. The van der Waals surface area contributed by atoms with Gasteiger partial charge in [0.2, 0.25) is 0 Å². The lowest BCUT2D eigenvalue weighted by Gasteiger charge is -2.42. The molecule has 0 saturated carbocycles. The van der Waals surface area contributed by atoms with Gasteiger partial charge in [-0.05, 0) is 70.6 Å². The van der Waals surface area contributed by atoms with Crippen LogP contribution in [0.4, 0.5) is 4.79 Å². The van der Waals surface area contributed by atoms with Crippen molar-refractivity contribution in [3.8, 4) is 5.75 Å².